The molecule has 1 aliphatic carbocycles. The molecular formula is C26H27NO5. The maximum absolute atomic E-state index is 13.7. The third-order valence-electron chi connectivity index (χ3n) is 6.35. The number of hydrogen-bond acceptors (Lipinski definition) is 6. The number of rotatable bonds is 4. The number of esters is 2. The zero-order valence-corrected chi connectivity index (χ0v) is 18.7. The molecule has 2 aromatic rings. The van der Waals surface area contributed by atoms with Crippen LogP contribution >= 0.6 is 0 Å². The van der Waals surface area contributed by atoms with E-state index in [1.165, 1.54) is 7.11 Å². The van der Waals surface area contributed by atoms with Gasteiger partial charge in [-0.15, -0.1) is 0 Å². The lowest BCUT2D eigenvalue weighted by molar-refractivity contribution is -0.151. The molecule has 32 heavy (non-hydrogen) atoms. The minimum absolute atomic E-state index is 0.213. The molecule has 2 aliphatic rings. The van der Waals surface area contributed by atoms with E-state index < -0.39 is 23.8 Å². The van der Waals surface area contributed by atoms with Crippen LogP contribution in [0, 0.1) is 11.8 Å². The highest BCUT2D eigenvalue weighted by Gasteiger charge is 2.47. The molecule has 6 heteroatoms. The maximum atomic E-state index is 13.7. The molecule has 0 saturated heterocycles. The molecule has 3 atom stereocenters. The second-order valence-electron chi connectivity index (χ2n) is 8.36. The van der Waals surface area contributed by atoms with Gasteiger partial charge in [0.1, 0.15) is 5.92 Å². The summed E-state index contributed by atoms with van der Waals surface area (Å²) in [5, 5.41) is 5.34. The van der Waals surface area contributed by atoms with Crippen LogP contribution in [0.2, 0.25) is 0 Å². The smallest absolute Gasteiger partial charge is 0.336 e. The number of methoxy groups -OCH3 is 1. The van der Waals surface area contributed by atoms with Crippen LogP contribution in [0.5, 0.6) is 0 Å². The lowest BCUT2D eigenvalue weighted by Gasteiger charge is -2.38. The second-order valence-corrected chi connectivity index (χ2v) is 8.36. The predicted molar refractivity (Wildman–Crippen MR) is 120 cm³/mol. The molecule has 1 heterocycles. The summed E-state index contributed by atoms with van der Waals surface area (Å²) < 4.78 is 10.3. The van der Waals surface area contributed by atoms with E-state index in [1.807, 2.05) is 56.3 Å². The monoisotopic (exact) mass is 433 g/mol. The van der Waals surface area contributed by atoms with Crippen LogP contribution in [-0.4, -0.2) is 31.4 Å². The van der Waals surface area contributed by atoms with Gasteiger partial charge in [-0.25, -0.2) is 4.79 Å². The van der Waals surface area contributed by atoms with Crippen molar-refractivity contribution < 1.29 is 23.9 Å². The average molecular weight is 434 g/mol. The number of fused-ring (bicyclic) bond motifs is 1. The first-order valence-corrected chi connectivity index (χ1v) is 10.9. The molecule has 166 valence electrons. The van der Waals surface area contributed by atoms with Crippen molar-refractivity contribution in [2.24, 2.45) is 11.8 Å². The molecule has 0 radical (unpaired) electrons. The molecule has 0 aromatic heterocycles. The van der Waals surface area contributed by atoms with E-state index in [9.17, 15) is 14.4 Å². The second kappa shape index (κ2) is 8.61. The summed E-state index contributed by atoms with van der Waals surface area (Å²) in [6.07, 6.45) is 0.512. The first-order valence-electron chi connectivity index (χ1n) is 10.9. The average Bonchev–Trinajstić information content (AvgIpc) is 2.77. The molecule has 0 spiro atoms. The predicted octanol–water partition coefficient (Wildman–Crippen LogP) is 4.02. The Bertz CT molecular complexity index is 1180. The van der Waals surface area contributed by atoms with E-state index in [2.05, 4.69) is 5.32 Å². The molecule has 2 aromatic carbocycles. The highest BCUT2D eigenvalue weighted by Crippen LogP contribution is 2.45. The molecule has 4 rings (SSSR count). The van der Waals surface area contributed by atoms with Gasteiger partial charge in [0.15, 0.2) is 5.78 Å². The first-order chi connectivity index (χ1) is 15.4. The molecule has 0 unspecified atom stereocenters. The van der Waals surface area contributed by atoms with Crippen molar-refractivity contribution in [1.82, 2.24) is 5.32 Å². The highest BCUT2D eigenvalue weighted by molar-refractivity contribution is 6.12. The number of ether oxygens (including phenoxy) is 2. The molecule has 0 amide bonds. The van der Waals surface area contributed by atoms with Crippen LogP contribution in [0.3, 0.4) is 0 Å². The number of nitrogens with one attached hydrogen (secondary N) is 1. The number of allylic oxidation sites excluding steroid dienone is 3. The minimum atomic E-state index is -0.898. The van der Waals surface area contributed by atoms with Gasteiger partial charge in [-0.1, -0.05) is 49.4 Å². The van der Waals surface area contributed by atoms with E-state index in [0.717, 1.165) is 22.0 Å². The Morgan fingerprint density at radius 3 is 2.53 bits per heavy atom. The van der Waals surface area contributed by atoms with E-state index >= 15 is 0 Å². The fourth-order valence-electron chi connectivity index (χ4n) is 4.88. The molecule has 0 fully saturated rings. The van der Waals surface area contributed by atoms with Crippen molar-refractivity contribution in [3.63, 3.8) is 0 Å². The molecular weight excluding hydrogens is 406 g/mol. The summed E-state index contributed by atoms with van der Waals surface area (Å²) in [7, 11) is 1.29. The van der Waals surface area contributed by atoms with Gasteiger partial charge in [-0.2, -0.15) is 0 Å². The van der Waals surface area contributed by atoms with E-state index in [0.29, 0.717) is 23.3 Å². The largest absolute Gasteiger partial charge is 0.468 e. The van der Waals surface area contributed by atoms with E-state index in [1.54, 1.807) is 6.92 Å². The lowest BCUT2D eigenvalue weighted by atomic mass is 9.69. The number of carbonyl (C=O) groups is 3. The summed E-state index contributed by atoms with van der Waals surface area (Å²) in [5.74, 6) is -3.05. The van der Waals surface area contributed by atoms with Crippen LogP contribution in [0.1, 0.15) is 38.7 Å². The van der Waals surface area contributed by atoms with Crippen molar-refractivity contribution in [2.75, 3.05) is 13.7 Å². The van der Waals surface area contributed by atoms with E-state index in [4.69, 9.17) is 9.47 Å². The lowest BCUT2D eigenvalue weighted by Crippen LogP contribution is -2.43. The Morgan fingerprint density at radius 2 is 1.84 bits per heavy atom. The van der Waals surface area contributed by atoms with Crippen molar-refractivity contribution in [3.8, 4) is 0 Å². The van der Waals surface area contributed by atoms with Gasteiger partial charge < -0.3 is 14.8 Å². The number of Topliss-reactive ketones (excluding diaryl/α,β-unsaturated/α-hetero) is 1. The summed E-state index contributed by atoms with van der Waals surface area (Å²) in [6, 6.07) is 13.9. The van der Waals surface area contributed by atoms with Gasteiger partial charge in [-0.3, -0.25) is 9.59 Å². The number of ketones is 1. The number of benzene rings is 2. The van der Waals surface area contributed by atoms with Crippen molar-refractivity contribution >= 4 is 28.5 Å². The van der Waals surface area contributed by atoms with Crippen molar-refractivity contribution in [2.45, 2.75) is 33.1 Å². The van der Waals surface area contributed by atoms with Gasteiger partial charge in [0.2, 0.25) is 0 Å². The van der Waals surface area contributed by atoms with Crippen molar-refractivity contribution in [1.29, 1.82) is 0 Å². The molecule has 0 saturated carbocycles. The third-order valence-corrected chi connectivity index (χ3v) is 6.35. The fraction of sp³-hybridized carbons (Fsp3) is 0.346. The summed E-state index contributed by atoms with van der Waals surface area (Å²) in [5.41, 5.74) is 3.07. The summed E-state index contributed by atoms with van der Waals surface area (Å²) in [4.78, 5) is 39.2. The van der Waals surface area contributed by atoms with Crippen LogP contribution in [0.25, 0.3) is 10.8 Å². The normalized spacial score (nSPS) is 23.0. The van der Waals surface area contributed by atoms with Gasteiger partial charge in [0.05, 0.1) is 19.3 Å². The Kier molecular flexibility index (Phi) is 5.87. The van der Waals surface area contributed by atoms with E-state index in [-0.39, 0.29) is 18.3 Å². The SMILES string of the molecule is CCOC(=O)C1=C(C)NC2=C(C(=O)[C@H](C(=O)OC)[C@@H](C)C2)[C@@H]1c1ccc2ccccc2c1. The van der Waals surface area contributed by atoms with Gasteiger partial charge in [-0.05, 0) is 42.5 Å². The van der Waals surface area contributed by atoms with Gasteiger partial charge in [0, 0.05) is 22.9 Å². The van der Waals surface area contributed by atoms with Crippen molar-refractivity contribution in [3.05, 3.63) is 70.6 Å². The molecule has 1 N–H and O–H groups in total. The van der Waals surface area contributed by atoms with Crippen LogP contribution in [0.15, 0.2) is 65.0 Å². The Balaban J connectivity index is 1.92. The van der Waals surface area contributed by atoms with Crippen LogP contribution in [0.4, 0.5) is 0 Å². The molecule has 1 aliphatic heterocycles. The number of dihydropyridines is 1. The number of carbonyl (C=O) groups excluding carboxylic acids is 3. The zero-order chi connectivity index (χ0) is 23.0. The van der Waals surface area contributed by atoms with Crippen LogP contribution < -0.4 is 5.32 Å². The standard InChI is InChI=1S/C26H27NO5/c1-5-32-26(30)21-15(3)27-19-12-14(2)20(25(29)31-4)24(28)23(19)22(21)18-11-10-16-8-6-7-9-17(16)13-18/h6-11,13-14,20,22,27H,5,12H2,1-4H3/t14-,20+,22+/m0/s1. The quantitative estimate of drug-likeness (QED) is 0.579. The Labute approximate surface area is 187 Å². The number of hydrogen-bond donors (Lipinski definition) is 1. The van der Waals surface area contributed by atoms with Gasteiger partial charge in [0.25, 0.3) is 0 Å². The Hall–Kier alpha value is -3.41. The topological polar surface area (TPSA) is 81.7 Å². The third kappa shape index (κ3) is 3.60. The molecule has 6 nitrogen and oxygen atoms in total. The maximum Gasteiger partial charge on any atom is 0.336 e. The first kappa shape index (κ1) is 21.8. The Morgan fingerprint density at radius 1 is 1.12 bits per heavy atom. The summed E-state index contributed by atoms with van der Waals surface area (Å²) in [6.45, 7) is 5.67. The van der Waals surface area contributed by atoms with Gasteiger partial charge >= 0.3 is 11.9 Å². The summed E-state index contributed by atoms with van der Waals surface area (Å²) >= 11 is 0. The fourth-order valence-corrected chi connectivity index (χ4v) is 4.88. The van der Waals surface area contributed by atoms with Crippen LogP contribution in [-0.2, 0) is 23.9 Å². The minimum Gasteiger partial charge on any atom is -0.468 e. The highest BCUT2D eigenvalue weighted by atomic mass is 16.5. The molecule has 0 bridgehead atoms. The zero-order valence-electron chi connectivity index (χ0n) is 18.7.